The van der Waals surface area contributed by atoms with Gasteiger partial charge in [0, 0.05) is 23.3 Å². The summed E-state index contributed by atoms with van der Waals surface area (Å²) >= 11 is 0. The fourth-order valence-electron chi connectivity index (χ4n) is 3.44. The molecule has 6 heteroatoms. The molecule has 29 heavy (non-hydrogen) atoms. The van der Waals surface area contributed by atoms with E-state index in [1.54, 1.807) is 25.1 Å². The van der Waals surface area contributed by atoms with Crippen LogP contribution in [0.5, 0.6) is 0 Å². The number of carbonyl (C=O) groups excluding carboxylic acids is 1. The highest BCUT2D eigenvalue weighted by Gasteiger charge is 2.22. The van der Waals surface area contributed by atoms with Gasteiger partial charge in [-0.05, 0) is 48.3 Å². The first-order valence-corrected chi connectivity index (χ1v) is 9.28. The van der Waals surface area contributed by atoms with Gasteiger partial charge in [0.2, 0.25) is 0 Å². The number of hydrogen-bond donors (Lipinski definition) is 0. The summed E-state index contributed by atoms with van der Waals surface area (Å²) in [5.41, 5.74) is 5.50. The lowest BCUT2D eigenvalue weighted by Crippen LogP contribution is -2.10. The molecule has 1 aromatic carbocycles. The molecule has 4 rings (SSSR count). The average molecular weight is 386 g/mol. The van der Waals surface area contributed by atoms with Crippen LogP contribution in [0.15, 0.2) is 66.3 Å². The monoisotopic (exact) mass is 386 g/mol. The summed E-state index contributed by atoms with van der Waals surface area (Å²) in [7, 11) is 0. The number of allylic oxidation sites excluding steroid dienone is 7. The highest BCUT2D eigenvalue weighted by Crippen LogP contribution is 2.37. The van der Waals surface area contributed by atoms with Crippen LogP contribution in [0.2, 0.25) is 0 Å². The van der Waals surface area contributed by atoms with E-state index in [4.69, 9.17) is 4.74 Å². The number of ether oxygens (including phenoxy) is 1. The normalized spacial score (nSPS) is 14.2. The van der Waals surface area contributed by atoms with Crippen molar-refractivity contribution >= 4 is 23.3 Å². The Kier molecular flexibility index (Phi) is 4.91. The van der Waals surface area contributed by atoms with Crippen LogP contribution < -0.4 is 0 Å². The van der Waals surface area contributed by atoms with Crippen molar-refractivity contribution in [1.82, 2.24) is 4.98 Å². The van der Waals surface area contributed by atoms with Crippen molar-refractivity contribution in [3.8, 4) is 11.3 Å². The van der Waals surface area contributed by atoms with Gasteiger partial charge in [0.1, 0.15) is 5.69 Å². The van der Waals surface area contributed by atoms with E-state index in [2.05, 4.69) is 11.1 Å². The molecular formula is C23H18N2O4. The minimum atomic E-state index is -0.493. The Morgan fingerprint density at radius 2 is 1.93 bits per heavy atom. The third kappa shape index (κ3) is 3.65. The predicted molar refractivity (Wildman–Crippen MR) is 111 cm³/mol. The molecule has 2 aliphatic carbocycles. The van der Waals surface area contributed by atoms with Crippen LogP contribution in [0.1, 0.15) is 35.0 Å². The number of fused-ring (bicyclic) bond motifs is 4. The predicted octanol–water partition coefficient (Wildman–Crippen LogP) is 5.13. The maximum atomic E-state index is 12.4. The van der Waals surface area contributed by atoms with Crippen molar-refractivity contribution in [3.63, 3.8) is 0 Å². The molecule has 0 N–H and O–H groups in total. The molecule has 1 heterocycles. The Hall–Kier alpha value is -3.80. The second-order valence-corrected chi connectivity index (χ2v) is 6.67. The van der Waals surface area contributed by atoms with Crippen molar-refractivity contribution in [2.24, 2.45) is 0 Å². The quantitative estimate of drug-likeness (QED) is 0.413. The number of non-ortho nitro benzene ring substituents is 1. The molecule has 0 saturated heterocycles. The van der Waals surface area contributed by atoms with E-state index in [0.717, 1.165) is 28.7 Å². The number of benzene rings is 1. The van der Waals surface area contributed by atoms with Crippen molar-refractivity contribution in [2.45, 2.75) is 13.3 Å². The Morgan fingerprint density at radius 3 is 2.66 bits per heavy atom. The highest BCUT2D eigenvalue weighted by atomic mass is 16.6. The molecule has 1 aromatic heterocycles. The number of nitrogens with zero attached hydrogens (tertiary/aromatic N) is 2. The standard InChI is InChI=1S/C23H18N2O4/c1-2-29-23(26)21-14-20-17-6-4-3-5-15(13-17)7-12-19(20)22(24-21)16-8-10-18(11-9-16)25(27)28/h3-12,14H,2,13H2,1H3. The van der Waals surface area contributed by atoms with Crippen LogP contribution in [-0.4, -0.2) is 22.5 Å². The molecule has 0 fully saturated rings. The first-order valence-electron chi connectivity index (χ1n) is 9.28. The van der Waals surface area contributed by atoms with Crippen LogP contribution in [0.4, 0.5) is 5.69 Å². The van der Waals surface area contributed by atoms with Crippen molar-refractivity contribution in [1.29, 1.82) is 0 Å². The van der Waals surface area contributed by atoms with Crippen LogP contribution in [0.3, 0.4) is 0 Å². The van der Waals surface area contributed by atoms with E-state index in [-0.39, 0.29) is 18.0 Å². The molecule has 0 spiro atoms. The largest absolute Gasteiger partial charge is 0.461 e. The molecule has 0 amide bonds. The average Bonchev–Trinajstić information content (AvgIpc) is 3.07. The smallest absolute Gasteiger partial charge is 0.356 e. The highest BCUT2D eigenvalue weighted by molar-refractivity contribution is 5.93. The molecular weight excluding hydrogens is 368 g/mol. The van der Waals surface area contributed by atoms with E-state index >= 15 is 0 Å². The Labute approximate surface area is 167 Å². The summed E-state index contributed by atoms with van der Waals surface area (Å²) in [5.74, 6) is -0.493. The number of carbonyl (C=O) groups is 1. The number of esters is 1. The fourth-order valence-corrected chi connectivity index (χ4v) is 3.44. The number of hydrogen-bond acceptors (Lipinski definition) is 5. The second kappa shape index (κ2) is 7.67. The summed E-state index contributed by atoms with van der Waals surface area (Å²) in [5, 5.41) is 11.0. The maximum Gasteiger partial charge on any atom is 0.356 e. The third-order valence-corrected chi connectivity index (χ3v) is 4.82. The molecule has 2 bridgehead atoms. The minimum absolute atomic E-state index is 0.00211. The van der Waals surface area contributed by atoms with E-state index in [9.17, 15) is 14.9 Å². The Balaban J connectivity index is 1.94. The van der Waals surface area contributed by atoms with Crippen LogP contribution in [0.25, 0.3) is 22.9 Å². The van der Waals surface area contributed by atoms with E-state index in [1.807, 2.05) is 30.4 Å². The molecule has 0 radical (unpaired) electrons. The number of nitro benzene ring substituents is 1. The van der Waals surface area contributed by atoms with Gasteiger partial charge in [-0.1, -0.05) is 36.5 Å². The SMILES string of the molecule is CCOC(=O)c1cc2c(c(-c3ccc([N+](=O)[O-])cc3)n1)C=CC1=CC=CC=C2C1. The van der Waals surface area contributed by atoms with Gasteiger partial charge in [0.05, 0.1) is 17.2 Å². The molecule has 2 aliphatic rings. The lowest BCUT2D eigenvalue weighted by molar-refractivity contribution is -0.384. The molecule has 144 valence electrons. The summed E-state index contributed by atoms with van der Waals surface area (Å²) in [6.45, 7) is 2.00. The molecule has 2 aromatic rings. The lowest BCUT2D eigenvalue weighted by atomic mass is 9.94. The molecule has 0 aliphatic heterocycles. The summed E-state index contributed by atoms with van der Waals surface area (Å²) in [4.78, 5) is 27.6. The van der Waals surface area contributed by atoms with E-state index < -0.39 is 10.9 Å². The summed E-state index contributed by atoms with van der Waals surface area (Å²) in [6.07, 6.45) is 12.8. The minimum Gasteiger partial charge on any atom is -0.461 e. The summed E-state index contributed by atoms with van der Waals surface area (Å²) < 4.78 is 5.17. The van der Waals surface area contributed by atoms with E-state index in [0.29, 0.717) is 11.3 Å². The number of aromatic nitrogens is 1. The zero-order valence-electron chi connectivity index (χ0n) is 15.8. The lowest BCUT2D eigenvalue weighted by Gasteiger charge is -2.14. The van der Waals surface area contributed by atoms with Gasteiger partial charge in [-0.15, -0.1) is 0 Å². The number of nitro groups is 1. The summed E-state index contributed by atoms with van der Waals surface area (Å²) in [6, 6.07) is 7.95. The second-order valence-electron chi connectivity index (χ2n) is 6.67. The first kappa shape index (κ1) is 18.6. The molecule has 6 nitrogen and oxygen atoms in total. The Bertz CT molecular complexity index is 1120. The van der Waals surface area contributed by atoms with Gasteiger partial charge in [-0.3, -0.25) is 10.1 Å². The fraction of sp³-hybridized carbons (Fsp3) is 0.130. The number of rotatable bonds is 4. The molecule has 0 saturated carbocycles. The zero-order chi connectivity index (χ0) is 20.4. The van der Waals surface area contributed by atoms with Crippen LogP contribution >= 0.6 is 0 Å². The van der Waals surface area contributed by atoms with Crippen molar-refractivity contribution in [2.75, 3.05) is 6.61 Å². The first-order chi connectivity index (χ1) is 14.1. The van der Waals surface area contributed by atoms with Gasteiger partial charge in [-0.2, -0.15) is 0 Å². The van der Waals surface area contributed by atoms with Crippen LogP contribution in [-0.2, 0) is 4.74 Å². The zero-order valence-corrected chi connectivity index (χ0v) is 15.8. The van der Waals surface area contributed by atoms with Crippen LogP contribution in [0, 0.1) is 10.1 Å². The Morgan fingerprint density at radius 1 is 1.17 bits per heavy atom. The van der Waals surface area contributed by atoms with Gasteiger partial charge >= 0.3 is 5.97 Å². The topological polar surface area (TPSA) is 82.3 Å². The van der Waals surface area contributed by atoms with Crippen molar-refractivity contribution < 1.29 is 14.5 Å². The molecule has 0 atom stereocenters. The van der Waals surface area contributed by atoms with Gasteiger partial charge in [0.15, 0.2) is 0 Å². The van der Waals surface area contributed by atoms with Crippen molar-refractivity contribution in [3.05, 3.63) is 93.2 Å². The van der Waals surface area contributed by atoms with Gasteiger partial charge < -0.3 is 4.74 Å². The van der Waals surface area contributed by atoms with Gasteiger partial charge in [-0.25, -0.2) is 9.78 Å². The molecule has 0 unspecified atom stereocenters. The maximum absolute atomic E-state index is 12.4. The van der Waals surface area contributed by atoms with E-state index in [1.165, 1.54) is 12.1 Å². The third-order valence-electron chi connectivity index (χ3n) is 4.82. The number of pyridine rings is 1. The van der Waals surface area contributed by atoms with Gasteiger partial charge in [0.25, 0.3) is 5.69 Å².